The molecule has 0 aromatic carbocycles. The fourth-order valence-electron chi connectivity index (χ4n) is 2.69. The van der Waals surface area contributed by atoms with Crippen molar-refractivity contribution < 1.29 is 0 Å². The van der Waals surface area contributed by atoms with Crippen LogP contribution in [0.25, 0.3) is 5.57 Å². The summed E-state index contributed by atoms with van der Waals surface area (Å²) in [6.07, 6.45) is 4.09. The topological polar surface area (TPSA) is 8.17 Å². The average molecular weight is 232 g/mol. The van der Waals surface area contributed by atoms with Gasteiger partial charge in [-0.2, -0.15) is 0 Å². The van der Waals surface area contributed by atoms with Crippen LogP contribution in [0.5, 0.6) is 0 Å². The first-order chi connectivity index (χ1) is 8.09. The first-order valence-electron chi connectivity index (χ1n) is 6.63. The van der Waals surface area contributed by atoms with Gasteiger partial charge in [-0.05, 0) is 57.0 Å². The van der Waals surface area contributed by atoms with E-state index < -0.39 is 0 Å². The lowest BCUT2D eigenvalue weighted by molar-refractivity contribution is 0.255. The largest absolute Gasteiger partial charge is 0.352 e. The molecule has 0 bridgehead atoms. The van der Waals surface area contributed by atoms with Gasteiger partial charge in [0.1, 0.15) is 0 Å². The molecule has 0 spiro atoms. The second-order valence-corrected chi connectivity index (χ2v) is 5.28. The Balaban J connectivity index is 2.06. The molecule has 2 heteroatoms. The molecule has 2 heterocycles. The van der Waals surface area contributed by atoms with Crippen LogP contribution in [0.4, 0.5) is 0 Å². The molecular formula is C15H24N2. The maximum absolute atomic E-state index is 4.28. The predicted molar refractivity (Wildman–Crippen MR) is 74.2 cm³/mol. The first kappa shape index (κ1) is 12.4. The Morgan fingerprint density at radius 2 is 1.88 bits per heavy atom. The normalized spacial score (nSPS) is 17.4. The van der Waals surface area contributed by atoms with Crippen LogP contribution in [0.2, 0.25) is 0 Å². The number of aromatic nitrogens is 1. The van der Waals surface area contributed by atoms with Crippen molar-refractivity contribution in [1.29, 1.82) is 0 Å². The molecule has 2 rings (SSSR count). The van der Waals surface area contributed by atoms with Gasteiger partial charge in [-0.15, -0.1) is 0 Å². The number of piperidine rings is 1. The summed E-state index contributed by atoms with van der Waals surface area (Å²) in [4.78, 5) is 2.54. The standard InChI is InChI=1S/C15H24N2/c1-12(11-17-8-6-5-7-9-17)15-10-13(2)16(4)14(15)3/h10H,1,5-9,11H2,2-4H3. The van der Waals surface area contributed by atoms with Crippen LogP contribution in [0.15, 0.2) is 12.6 Å². The third kappa shape index (κ3) is 2.63. The van der Waals surface area contributed by atoms with E-state index >= 15 is 0 Å². The zero-order valence-electron chi connectivity index (χ0n) is 11.4. The van der Waals surface area contributed by atoms with Crippen LogP contribution in [-0.4, -0.2) is 29.1 Å². The van der Waals surface area contributed by atoms with Crippen molar-refractivity contribution in [1.82, 2.24) is 9.47 Å². The van der Waals surface area contributed by atoms with Crippen LogP contribution in [-0.2, 0) is 7.05 Å². The quantitative estimate of drug-likeness (QED) is 0.777. The average Bonchev–Trinajstić information content (AvgIpc) is 2.58. The molecule has 0 amide bonds. The number of nitrogens with zero attached hydrogens (tertiary/aromatic N) is 2. The Morgan fingerprint density at radius 1 is 1.24 bits per heavy atom. The van der Waals surface area contributed by atoms with Crippen molar-refractivity contribution >= 4 is 5.57 Å². The van der Waals surface area contributed by atoms with Gasteiger partial charge in [-0.1, -0.05) is 13.0 Å². The summed E-state index contributed by atoms with van der Waals surface area (Å²) in [6, 6.07) is 2.27. The molecule has 1 fully saturated rings. The van der Waals surface area contributed by atoms with E-state index in [1.165, 1.54) is 54.9 Å². The van der Waals surface area contributed by atoms with Crippen LogP contribution in [0.1, 0.15) is 36.2 Å². The molecule has 1 aliphatic rings. The number of hydrogen-bond donors (Lipinski definition) is 0. The number of hydrogen-bond acceptors (Lipinski definition) is 1. The lowest BCUT2D eigenvalue weighted by Gasteiger charge is -2.27. The number of aryl methyl sites for hydroxylation is 1. The van der Waals surface area contributed by atoms with Crippen LogP contribution in [0, 0.1) is 13.8 Å². The maximum atomic E-state index is 4.28. The summed E-state index contributed by atoms with van der Waals surface area (Å²) in [7, 11) is 2.13. The summed E-state index contributed by atoms with van der Waals surface area (Å²) < 4.78 is 2.25. The summed E-state index contributed by atoms with van der Waals surface area (Å²) in [5.74, 6) is 0. The molecule has 94 valence electrons. The van der Waals surface area contributed by atoms with Crippen molar-refractivity contribution in [3.63, 3.8) is 0 Å². The summed E-state index contributed by atoms with van der Waals surface area (Å²) in [5, 5.41) is 0. The van der Waals surface area contributed by atoms with E-state index in [0.29, 0.717) is 0 Å². The minimum Gasteiger partial charge on any atom is -0.352 e. The highest BCUT2D eigenvalue weighted by atomic mass is 15.1. The molecule has 0 radical (unpaired) electrons. The van der Waals surface area contributed by atoms with Gasteiger partial charge in [0.2, 0.25) is 0 Å². The van der Waals surface area contributed by atoms with Crippen molar-refractivity contribution in [2.75, 3.05) is 19.6 Å². The molecule has 1 aliphatic heterocycles. The first-order valence-corrected chi connectivity index (χ1v) is 6.63. The summed E-state index contributed by atoms with van der Waals surface area (Å²) in [6.45, 7) is 12.1. The van der Waals surface area contributed by atoms with Gasteiger partial charge >= 0.3 is 0 Å². The van der Waals surface area contributed by atoms with Crippen molar-refractivity contribution in [2.45, 2.75) is 33.1 Å². The lowest BCUT2D eigenvalue weighted by Crippen LogP contribution is -2.31. The van der Waals surface area contributed by atoms with Gasteiger partial charge in [0, 0.05) is 25.0 Å². The van der Waals surface area contributed by atoms with Gasteiger partial charge in [-0.3, -0.25) is 4.90 Å². The van der Waals surface area contributed by atoms with Gasteiger partial charge < -0.3 is 4.57 Å². The van der Waals surface area contributed by atoms with E-state index in [4.69, 9.17) is 0 Å². The molecule has 0 unspecified atom stereocenters. The Hall–Kier alpha value is -1.02. The minimum absolute atomic E-state index is 1.03. The minimum atomic E-state index is 1.03. The van der Waals surface area contributed by atoms with Gasteiger partial charge in [0.25, 0.3) is 0 Å². The molecule has 0 aliphatic carbocycles. The van der Waals surface area contributed by atoms with Crippen molar-refractivity contribution in [3.8, 4) is 0 Å². The highest BCUT2D eigenvalue weighted by molar-refractivity contribution is 5.67. The monoisotopic (exact) mass is 232 g/mol. The van der Waals surface area contributed by atoms with Gasteiger partial charge in [-0.25, -0.2) is 0 Å². The summed E-state index contributed by atoms with van der Waals surface area (Å²) in [5.41, 5.74) is 5.27. The van der Waals surface area contributed by atoms with E-state index in [-0.39, 0.29) is 0 Å². The SMILES string of the molecule is C=C(CN1CCCCC1)c1cc(C)n(C)c1C. The molecule has 1 saturated heterocycles. The van der Waals surface area contributed by atoms with E-state index in [0.717, 1.165) is 6.54 Å². The van der Waals surface area contributed by atoms with Crippen molar-refractivity contribution in [2.24, 2.45) is 7.05 Å². The number of likely N-dealkylation sites (tertiary alicyclic amines) is 1. The highest BCUT2D eigenvalue weighted by Crippen LogP contribution is 2.22. The highest BCUT2D eigenvalue weighted by Gasteiger charge is 2.14. The van der Waals surface area contributed by atoms with E-state index in [9.17, 15) is 0 Å². The molecular weight excluding hydrogens is 208 g/mol. The molecule has 0 N–H and O–H groups in total. The zero-order chi connectivity index (χ0) is 12.4. The maximum Gasteiger partial charge on any atom is 0.0234 e. The van der Waals surface area contributed by atoms with Crippen molar-refractivity contribution in [3.05, 3.63) is 29.6 Å². The van der Waals surface area contributed by atoms with Gasteiger partial charge in [0.15, 0.2) is 0 Å². The van der Waals surface area contributed by atoms with E-state index in [1.807, 2.05) is 0 Å². The zero-order valence-corrected chi connectivity index (χ0v) is 11.4. The third-order valence-electron chi connectivity index (χ3n) is 4.02. The molecule has 17 heavy (non-hydrogen) atoms. The Bertz CT molecular complexity index is 409. The second kappa shape index (κ2) is 5.09. The molecule has 0 saturated carbocycles. The van der Waals surface area contributed by atoms with Crippen LogP contribution < -0.4 is 0 Å². The smallest absolute Gasteiger partial charge is 0.0234 e. The molecule has 1 aromatic heterocycles. The number of rotatable bonds is 3. The Kier molecular flexibility index (Phi) is 3.72. The predicted octanol–water partition coefficient (Wildman–Crippen LogP) is 3.14. The summed E-state index contributed by atoms with van der Waals surface area (Å²) >= 11 is 0. The molecule has 1 aromatic rings. The molecule has 2 nitrogen and oxygen atoms in total. The van der Waals surface area contributed by atoms with Crippen LogP contribution >= 0.6 is 0 Å². The third-order valence-corrected chi connectivity index (χ3v) is 4.02. The fraction of sp³-hybridized carbons (Fsp3) is 0.600. The van der Waals surface area contributed by atoms with Gasteiger partial charge in [0.05, 0.1) is 0 Å². The fourth-order valence-corrected chi connectivity index (χ4v) is 2.69. The van der Waals surface area contributed by atoms with E-state index in [1.54, 1.807) is 0 Å². The van der Waals surface area contributed by atoms with Crippen LogP contribution in [0.3, 0.4) is 0 Å². The second-order valence-electron chi connectivity index (χ2n) is 5.28. The van der Waals surface area contributed by atoms with E-state index in [2.05, 4.69) is 43.0 Å². The Labute approximate surface area is 105 Å². The molecule has 0 atom stereocenters. The Morgan fingerprint density at radius 3 is 2.41 bits per heavy atom. The lowest BCUT2D eigenvalue weighted by atomic mass is 10.1.